The quantitative estimate of drug-likeness (QED) is 0.929. The highest BCUT2D eigenvalue weighted by molar-refractivity contribution is 5.88. The van der Waals surface area contributed by atoms with Gasteiger partial charge in [0.25, 0.3) is 0 Å². The second-order valence-corrected chi connectivity index (χ2v) is 4.94. The van der Waals surface area contributed by atoms with Crippen molar-refractivity contribution in [1.82, 2.24) is 9.78 Å². The third-order valence-electron chi connectivity index (χ3n) is 3.33. The van der Waals surface area contributed by atoms with Crippen LogP contribution in [0.15, 0.2) is 24.3 Å². The zero-order valence-electron chi connectivity index (χ0n) is 12.2. The number of carbonyl (C=O) groups is 1. The third kappa shape index (κ3) is 2.52. The normalized spacial score (nSPS) is 10.6. The highest BCUT2D eigenvalue weighted by atomic mass is 16.4. The van der Waals surface area contributed by atoms with Crippen molar-refractivity contribution < 1.29 is 9.90 Å². The highest BCUT2D eigenvalue weighted by Crippen LogP contribution is 2.31. The van der Waals surface area contributed by atoms with Crippen LogP contribution in [0.25, 0.3) is 11.3 Å². The molecule has 0 radical (unpaired) electrons. The standard InChI is InChI=1S/C15H19N3O2/c1-5-10-6-7-13(17(2)3)11(8-10)14-9-12(15(19)20)16-18(14)4/h6-9H,5H2,1-4H3,(H,19,20). The van der Waals surface area contributed by atoms with Gasteiger partial charge in [-0.25, -0.2) is 4.79 Å². The van der Waals surface area contributed by atoms with E-state index in [0.29, 0.717) is 0 Å². The molecule has 0 amide bonds. The largest absolute Gasteiger partial charge is 0.476 e. The van der Waals surface area contributed by atoms with Crippen molar-refractivity contribution in [2.24, 2.45) is 7.05 Å². The van der Waals surface area contributed by atoms with Gasteiger partial charge in [-0.3, -0.25) is 4.68 Å². The number of benzene rings is 1. The number of rotatable bonds is 4. The Hall–Kier alpha value is -2.30. The Morgan fingerprint density at radius 3 is 2.55 bits per heavy atom. The lowest BCUT2D eigenvalue weighted by Crippen LogP contribution is -2.11. The first-order valence-electron chi connectivity index (χ1n) is 6.52. The van der Waals surface area contributed by atoms with Crippen LogP contribution in [0.3, 0.4) is 0 Å². The van der Waals surface area contributed by atoms with Crippen LogP contribution in [0, 0.1) is 0 Å². The molecule has 0 spiro atoms. The van der Waals surface area contributed by atoms with E-state index in [2.05, 4.69) is 30.2 Å². The van der Waals surface area contributed by atoms with Gasteiger partial charge in [0, 0.05) is 32.4 Å². The minimum absolute atomic E-state index is 0.0640. The van der Waals surface area contributed by atoms with Crippen LogP contribution < -0.4 is 4.90 Å². The molecule has 0 bridgehead atoms. The first kappa shape index (κ1) is 14.1. The van der Waals surface area contributed by atoms with E-state index in [1.807, 2.05) is 19.0 Å². The van der Waals surface area contributed by atoms with Crippen molar-refractivity contribution in [3.8, 4) is 11.3 Å². The van der Waals surface area contributed by atoms with E-state index >= 15 is 0 Å². The maximum Gasteiger partial charge on any atom is 0.356 e. The first-order chi connectivity index (χ1) is 9.43. The molecule has 0 saturated heterocycles. The molecule has 0 aliphatic heterocycles. The predicted molar refractivity (Wildman–Crippen MR) is 79.3 cm³/mol. The maximum atomic E-state index is 11.1. The van der Waals surface area contributed by atoms with Crippen molar-refractivity contribution in [3.05, 3.63) is 35.5 Å². The summed E-state index contributed by atoms with van der Waals surface area (Å²) in [5, 5.41) is 13.1. The van der Waals surface area contributed by atoms with Crippen molar-refractivity contribution in [2.75, 3.05) is 19.0 Å². The SMILES string of the molecule is CCc1ccc(N(C)C)c(-c2cc(C(=O)O)nn2C)c1. The van der Waals surface area contributed by atoms with Gasteiger partial charge in [0.15, 0.2) is 5.69 Å². The van der Waals surface area contributed by atoms with Gasteiger partial charge < -0.3 is 10.0 Å². The Balaban J connectivity index is 2.63. The second kappa shape index (κ2) is 5.36. The number of hydrogen-bond acceptors (Lipinski definition) is 3. The number of hydrogen-bond donors (Lipinski definition) is 1. The maximum absolute atomic E-state index is 11.1. The Bertz CT molecular complexity index is 645. The van der Waals surface area contributed by atoms with E-state index in [0.717, 1.165) is 23.4 Å². The molecule has 5 heteroatoms. The second-order valence-electron chi connectivity index (χ2n) is 4.94. The fourth-order valence-electron chi connectivity index (χ4n) is 2.22. The van der Waals surface area contributed by atoms with E-state index in [9.17, 15) is 4.79 Å². The lowest BCUT2D eigenvalue weighted by Gasteiger charge is -2.18. The fourth-order valence-corrected chi connectivity index (χ4v) is 2.22. The molecule has 0 saturated carbocycles. The van der Waals surface area contributed by atoms with E-state index in [-0.39, 0.29) is 5.69 Å². The molecular weight excluding hydrogens is 254 g/mol. The minimum atomic E-state index is -1.01. The molecule has 0 aliphatic carbocycles. The van der Waals surface area contributed by atoms with Gasteiger partial charge in [-0.1, -0.05) is 13.0 Å². The number of anilines is 1. The van der Waals surface area contributed by atoms with Crippen LogP contribution in [-0.2, 0) is 13.5 Å². The van der Waals surface area contributed by atoms with Crippen molar-refractivity contribution in [3.63, 3.8) is 0 Å². The zero-order chi connectivity index (χ0) is 14.9. The summed E-state index contributed by atoms with van der Waals surface area (Å²) >= 11 is 0. The van der Waals surface area contributed by atoms with Crippen LogP contribution >= 0.6 is 0 Å². The summed E-state index contributed by atoms with van der Waals surface area (Å²) in [5.74, 6) is -1.01. The molecule has 0 atom stereocenters. The fraction of sp³-hybridized carbons (Fsp3) is 0.333. The molecule has 106 valence electrons. The summed E-state index contributed by atoms with van der Waals surface area (Å²) in [4.78, 5) is 13.1. The van der Waals surface area contributed by atoms with Gasteiger partial charge in [0.2, 0.25) is 0 Å². The number of aromatic carboxylic acids is 1. The Morgan fingerprint density at radius 1 is 1.35 bits per heavy atom. The zero-order valence-corrected chi connectivity index (χ0v) is 12.2. The topological polar surface area (TPSA) is 58.4 Å². The van der Waals surface area contributed by atoms with E-state index in [4.69, 9.17) is 5.11 Å². The molecule has 0 aliphatic rings. The minimum Gasteiger partial charge on any atom is -0.476 e. The molecule has 2 rings (SSSR count). The average molecular weight is 273 g/mol. The lowest BCUT2D eigenvalue weighted by molar-refractivity contribution is 0.0689. The van der Waals surface area contributed by atoms with Gasteiger partial charge in [-0.2, -0.15) is 5.10 Å². The molecule has 1 aromatic carbocycles. The van der Waals surface area contributed by atoms with Gasteiger partial charge >= 0.3 is 5.97 Å². The smallest absolute Gasteiger partial charge is 0.356 e. The number of aromatic nitrogens is 2. The number of nitrogens with zero attached hydrogens (tertiary/aromatic N) is 3. The van der Waals surface area contributed by atoms with E-state index < -0.39 is 5.97 Å². The van der Waals surface area contributed by atoms with Crippen molar-refractivity contribution in [1.29, 1.82) is 0 Å². The molecule has 0 fully saturated rings. The van der Waals surface area contributed by atoms with Gasteiger partial charge in [0.1, 0.15) is 0 Å². The molecule has 0 unspecified atom stereocenters. The molecule has 20 heavy (non-hydrogen) atoms. The number of aryl methyl sites for hydroxylation is 2. The Morgan fingerprint density at radius 2 is 2.05 bits per heavy atom. The molecule has 2 aromatic rings. The highest BCUT2D eigenvalue weighted by Gasteiger charge is 2.16. The Labute approximate surface area is 118 Å². The molecule has 1 N–H and O–H groups in total. The lowest BCUT2D eigenvalue weighted by atomic mass is 10.0. The summed E-state index contributed by atoms with van der Waals surface area (Å²) in [6.45, 7) is 2.10. The van der Waals surface area contributed by atoms with Crippen LogP contribution in [0.1, 0.15) is 23.0 Å². The van der Waals surface area contributed by atoms with Gasteiger partial charge in [-0.15, -0.1) is 0 Å². The predicted octanol–water partition coefficient (Wildman–Crippen LogP) is 2.41. The monoisotopic (exact) mass is 273 g/mol. The molecule has 1 aromatic heterocycles. The van der Waals surface area contributed by atoms with Crippen LogP contribution in [0.5, 0.6) is 0 Å². The van der Waals surface area contributed by atoms with Crippen LogP contribution in [-0.4, -0.2) is 35.0 Å². The van der Waals surface area contributed by atoms with E-state index in [1.165, 1.54) is 5.56 Å². The molecule has 1 heterocycles. The summed E-state index contributed by atoms with van der Waals surface area (Å²) in [6.07, 6.45) is 0.935. The number of carboxylic acid groups (broad SMARTS) is 1. The van der Waals surface area contributed by atoms with Gasteiger partial charge in [0.05, 0.1) is 5.69 Å². The third-order valence-corrected chi connectivity index (χ3v) is 3.33. The summed E-state index contributed by atoms with van der Waals surface area (Å²) < 4.78 is 1.62. The van der Waals surface area contributed by atoms with Crippen molar-refractivity contribution in [2.45, 2.75) is 13.3 Å². The van der Waals surface area contributed by atoms with E-state index in [1.54, 1.807) is 17.8 Å². The van der Waals surface area contributed by atoms with Crippen LogP contribution in [0.2, 0.25) is 0 Å². The molecular formula is C15H19N3O2. The van der Waals surface area contributed by atoms with Gasteiger partial charge in [-0.05, 0) is 30.2 Å². The van der Waals surface area contributed by atoms with Crippen LogP contribution in [0.4, 0.5) is 5.69 Å². The average Bonchev–Trinajstić information content (AvgIpc) is 2.80. The Kier molecular flexibility index (Phi) is 3.79. The molecule has 5 nitrogen and oxygen atoms in total. The summed E-state index contributed by atoms with van der Waals surface area (Å²) in [6, 6.07) is 7.86. The van der Waals surface area contributed by atoms with Crippen molar-refractivity contribution >= 4 is 11.7 Å². The summed E-state index contributed by atoms with van der Waals surface area (Å²) in [7, 11) is 5.71. The number of carboxylic acids is 1. The first-order valence-corrected chi connectivity index (χ1v) is 6.52. The summed E-state index contributed by atoms with van der Waals surface area (Å²) in [5.41, 5.74) is 4.12.